The molecule has 0 amide bonds. The van der Waals surface area contributed by atoms with Gasteiger partial charge >= 0.3 is 0 Å². The number of nitrogens with zero attached hydrogens (tertiary/aromatic N) is 2. The van der Waals surface area contributed by atoms with Crippen molar-refractivity contribution in [1.29, 1.82) is 0 Å². The minimum Gasteiger partial charge on any atom is -0.393 e. The molecule has 0 bridgehead atoms. The summed E-state index contributed by atoms with van der Waals surface area (Å²) in [7, 11) is 0. The first-order chi connectivity index (χ1) is 8.56. The van der Waals surface area contributed by atoms with Crippen molar-refractivity contribution in [3.63, 3.8) is 0 Å². The molecule has 96 valence electrons. The second kappa shape index (κ2) is 4.99. The first-order valence-electron chi connectivity index (χ1n) is 5.74. The van der Waals surface area contributed by atoms with Gasteiger partial charge < -0.3 is 5.11 Å². The molecule has 2 aromatic rings. The number of benzene rings is 1. The van der Waals surface area contributed by atoms with E-state index in [9.17, 15) is 15.2 Å². The standard InChI is InChI=1S/C12H14N2O3S/c1-3-9(15)7(2)8-4-5-10-11(13-6-18-10)12(8)14(16)17/h4-7,9,15H,3H2,1-2H3. The molecule has 1 heterocycles. The predicted octanol–water partition coefficient (Wildman–Crippen LogP) is 3.08. The summed E-state index contributed by atoms with van der Waals surface area (Å²) in [5.74, 6) is -0.276. The Balaban J connectivity index is 2.62. The number of nitro benzene ring substituents is 1. The molecule has 6 heteroatoms. The van der Waals surface area contributed by atoms with Gasteiger partial charge in [0.25, 0.3) is 5.69 Å². The summed E-state index contributed by atoms with van der Waals surface area (Å²) in [6.07, 6.45) is -0.0206. The van der Waals surface area contributed by atoms with Crippen LogP contribution < -0.4 is 0 Å². The van der Waals surface area contributed by atoms with Crippen molar-refractivity contribution < 1.29 is 10.0 Å². The van der Waals surface area contributed by atoms with Crippen LogP contribution in [0, 0.1) is 10.1 Å². The summed E-state index contributed by atoms with van der Waals surface area (Å²) < 4.78 is 0.795. The van der Waals surface area contributed by atoms with Gasteiger partial charge in [-0.05, 0) is 12.5 Å². The Morgan fingerprint density at radius 1 is 1.56 bits per heavy atom. The van der Waals surface area contributed by atoms with Gasteiger partial charge in [0, 0.05) is 11.5 Å². The molecular formula is C12H14N2O3S. The van der Waals surface area contributed by atoms with Crippen LogP contribution in [-0.4, -0.2) is 21.1 Å². The van der Waals surface area contributed by atoms with Crippen LogP contribution in [0.4, 0.5) is 5.69 Å². The number of aromatic nitrogens is 1. The maximum absolute atomic E-state index is 11.2. The van der Waals surface area contributed by atoms with E-state index in [2.05, 4.69) is 4.98 Å². The maximum atomic E-state index is 11.2. The number of aliphatic hydroxyl groups excluding tert-OH is 1. The van der Waals surface area contributed by atoms with Crippen molar-refractivity contribution in [2.75, 3.05) is 0 Å². The number of hydrogen-bond donors (Lipinski definition) is 1. The van der Waals surface area contributed by atoms with E-state index < -0.39 is 11.0 Å². The van der Waals surface area contributed by atoms with Crippen molar-refractivity contribution in [2.45, 2.75) is 32.3 Å². The molecule has 2 atom stereocenters. The zero-order chi connectivity index (χ0) is 13.3. The van der Waals surface area contributed by atoms with E-state index in [0.717, 1.165) is 4.70 Å². The van der Waals surface area contributed by atoms with E-state index in [-0.39, 0.29) is 11.6 Å². The van der Waals surface area contributed by atoms with E-state index in [1.165, 1.54) is 11.3 Å². The number of rotatable bonds is 4. The normalized spacial score (nSPS) is 14.6. The number of aliphatic hydroxyl groups is 1. The molecule has 1 aromatic carbocycles. The summed E-state index contributed by atoms with van der Waals surface area (Å²) >= 11 is 1.38. The van der Waals surface area contributed by atoms with Crippen molar-refractivity contribution in [1.82, 2.24) is 4.98 Å². The third kappa shape index (κ3) is 2.09. The summed E-state index contributed by atoms with van der Waals surface area (Å²) in [6, 6.07) is 3.55. The topological polar surface area (TPSA) is 76.3 Å². The molecule has 0 saturated heterocycles. The molecule has 5 nitrogen and oxygen atoms in total. The number of fused-ring (bicyclic) bond motifs is 1. The van der Waals surface area contributed by atoms with Gasteiger partial charge in [-0.25, -0.2) is 4.98 Å². The van der Waals surface area contributed by atoms with Crippen LogP contribution in [0.2, 0.25) is 0 Å². The van der Waals surface area contributed by atoms with Crippen molar-refractivity contribution in [3.05, 3.63) is 33.3 Å². The van der Waals surface area contributed by atoms with Gasteiger partial charge in [0.2, 0.25) is 0 Å². The number of hydrogen-bond acceptors (Lipinski definition) is 5. The molecule has 0 spiro atoms. The molecular weight excluding hydrogens is 252 g/mol. The zero-order valence-electron chi connectivity index (χ0n) is 10.2. The van der Waals surface area contributed by atoms with Crippen LogP contribution in [0.15, 0.2) is 17.6 Å². The molecule has 0 aliphatic rings. The van der Waals surface area contributed by atoms with E-state index in [1.54, 1.807) is 18.5 Å². The fourth-order valence-electron chi connectivity index (χ4n) is 2.05. The molecule has 0 fully saturated rings. The van der Waals surface area contributed by atoms with Crippen LogP contribution in [0.3, 0.4) is 0 Å². The van der Waals surface area contributed by atoms with Crippen LogP contribution in [0.1, 0.15) is 31.7 Å². The zero-order valence-corrected chi connectivity index (χ0v) is 11.0. The third-order valence-electron chi connectivity index (χ3n) is 3.18. The Morgan fingerprint density at radius 2 is 2.28 bits per heavy atom. The first-order valence-corrected chi connectivity index (χ1v) is 6.62. The molecule has 0 aliphatic heterocycles. The number of nitro groups is 1. The Labute approximate surface area is 108 Å². The second-order valence-electron chi connectivity index (χ2n) is 4.22. The molecule has 2 rings (SSSR count). The van der Waals surface area contributed by atoms with Crippen molar-refractivity contribution >= 4 is 27.2 Å². The van der Waals surface area contributed by atoms with Crippen molar-refractivity contribution in [2.24, 2.45) is 0 Å². The van der Waals surface area contributed by atoms with E-state index in [0.29, 0.717) is 17.5 Å². The minimum absolute atomic E-state index is 0.0220. The highest BCUT2D eigenvalue weighted by Crippen LogP contribution is 2.36. The molecule has 18 heavy (non-hydrogen) atoms. The van der Waals surface area contributed by atoms with E-state index in [4.69, 9.17) is 0 Å². The highest BCUT2D eigenvalue weighted by Gasteiger charge is 2.27. The van der Waals surface area contributed by atoms with Gasteiger partial charge in [-0.15, -0.1) is 11.3 Å². The lowest BCUT2D eigenvalue weighted by Gasteiger charge is -2.17. The van der Waals surface area contributed by atoms with Crippen LogP contribution >= 0.6 is 11.3 Å². The van der Waals surface area contributed by atoms with Gasteiger partial charge in [0.05, 0.1) is 21.2 Å². The van der Waals surface area contributed by atoms with Crippen LogP contribution in [0.25, 0.3) is 10.2 Å². The van der Waals surface area contributed by atoms with Gasteiger partial charge in [-0.1, -0.05) is 19.9 Å². The minimum atomic E-state index is -0.584. The second-order valence-corrected chi connectivity index (χ2v) is 5.11. The summed E-state index contributed by atoms with van der Waals surface area (Å²) in [4.78, 5) is 14.9. The fraction of sp³-hybridized carbons (Fsp3) is 0.417. The quantitative estimate of drug-likeness (QED) is 0.681. The van der Waals surface area contributed by atoms with Crippen LogP contribution in [-0.2, 0) is 0 Å². The fourth-order valence-corrected chi connectivity index (χ4v) is 2.73. The molecule has 1 N–H and O–H groups in total. The number of thiazole rings is 1. The largest absolute Gasteiger partial charge is 0.393 e. The summed E-state index contributed by atoms with van der Waals surface area (Å²) in [5, 5.41) is 21.1. The average molecular weight is 266 g/mol. The SMILES string of the molecule is CCC(O)C(C)c1ccc2scnc2c1[N+](=O)[O-]. The average Bonchev–Trinajstić information content (AvgIpc) is 2.83. The summed E-state index contributed by atoms with van der Waals surface area (Å²) in [5.41, 5.74) is 2.58. The lowest BCUT2D eigenvalue weighted by molar-refractivity contribution is -0.384. The van der Waals surface area contributed by atoms with E-state index in [1.807, 2.05) is 13.0 Å². The Hall–Kier alpha value is -1.53. The van der Waals surface area contributed by atoms with Gasteiger partial charge in [-0.3, -0.25) is 10.1 Å². The Morgan fingerprint density at radius 3 is 2.89 bits per heavy atom. The highest BCUT2D eigenvalue weighted by atomic mass is 32.1. The smallest absolute Gasteiger partial charge is 0.299 e. The third-order valence-corrected chi connectivity index (χ3v) is 3.97. The maximum Gasteiger partial charge on any atom is 0.299 e. The first kappa shape index (κ1) is 12.9. The lowest BCUT2D eigenvalue weighted by Crippen LogP contribution is -2.15. The van der Waals surface area contributed by atoms with Gasteiger partial charge in [-0.2, -0.15) is 0 Å². The summed E-state index contributed by atoms with van der Waals surface area (Å²) in [6.45, 7) is 3.66. The molecule has 0 aliphatic carbocycles. The highest BCUT2D eigenvalue weighted by molar-refractivity contribution is 7.16. The van der Waals surface area contributed by atoms with E-state index >= 15 is 0 Å². The molecule has 2 unspecified atom stereocenters. The Bertz CT molecular complexity index is 582. The molecule has 0 saturated carbocycles. The molecule has 1 aromatic heterocycles. The lowest BCUT2D eigenvalue weighted by atomic mass is 9.92. The monoisotopic (exact) mass is 266 g/mol. The van der Waals surface area contributed by atoms with Gasteiger partial charge in [0.1, 0.15) is 0 Å². The van der Waals surface area contributed by atoms with Crippen molar-refractivity contribution in [3.8, 4) is 0 Å². The van der Waals surface area contributed by atoms with Crippen LogP contribution in [0.5, 0.6) is 0 Å². The molecule has 0 radical (unpaired) electrons. The predicted molar refractivity (Wildman–Crippen MR) is 71.0 cm³/mol. The Kier molecular flexibility index (Phi) is 3.58. The van der Waals surface area contributed by atoms with Gasteiger partial charge in [0.15, 0.2) is 5.52 Å².